The van der Waals surface area contributed by atoms with Crippen molar-refractivity contribution in [1.29, 1.82) is 0 Å². The molecule has 6 nitrogen and oxygen atoms in total. The van der Waals surface area contributed by atoms with Crippen LogP contribution in [0.4, 0.5) is 4.39 Å². The van der Waals surface area contributed by atoms with E-state index in [9.17, 15) is 4.39 Å². The number of hydrogen-bond acceptors (Lipinski definition) is 3. The Kier molecular flexibility index (Phi) is 7.21. The number of guanidine groups is 1. The lowest BCUT2D eigenvalue weighted by atomic mass is 10.2. The SMILES string of the molecule is C=CCOc1ccccc1CNC(=NC)NCc1ccc(-n2ccnc2C)c(F)c1. The monoisotopic (exact) mass is 407 g/mol. The Labute approximate surface area is 176 Å². The predicted molar refractivity (Wildman–Crippen MR) is 117 cm³/mol. The molecule has 0 fully saturated rings. The van der Waals surface area contributed by atoms with E-state index in [4.69, 9.17) is 4.74 Å². The molecule has 0 unspecified atom stereocenters. The molecule has 0 atom stereocenters. The van der Waals surface area contributed by atoms with Gasteiger partial charge in [-0.3, -0.25) is 4.99 Å². The topological polar surface area (TPSA) is 63.5 Å². The fraction of sp³-hybridized carbons (Fsp3) is 0.217. The molecular formula is C23H26FN5O. The van der Waals surface area contributed by atoms with Gasteiger partial charge in [0.05, 0.1) is 5.69 Å². The molecule has 0 saturated heterocycles. The molecule has 2 aromatic carbocycles. The first kappa shape index (κ1) is 21.1. The Morgan fingerprint density at radius 2 is 2.03 bits per heavy atom. The maximum atomic E-state index is 14.6. The minimum absolute atomic E-state index is 0.299. The van der Waals surface area contributed by atoms with E-state index in [1.807, 2.05) is 37.3 Å². The third kappa shape index (κ3) is 5.26. The summed E-state index contributed by atoms with van der Waals surface area (Å²) in [7, 11) is 1.70. The van der Waals surface area contributed by atoms with Crippen molar-refractivity contribution in [3.05, 3.63) is 90.3 Å². The second-order valence-corrected chi connectivity index (χ2v) is 6.62. The van der Waals surface area contributed by atoms with Crippen LogP contribution in [0.5, 0.6) is 5.75 Å². The highest BCUT2D eigenvalue weighted by atomic mass is 19.1. The minimum atomic E-state index is -0.299. The molecule has 0 saturated carbocycles. The summed E-state index contributed by atoms with van der Waals surface area (Å²) in [5.41, 5.74) is 2.30. The first-order chi connectivity index (χ1) is 14.6. The van der Waals surface area contributed by atoms with Crippen LogP contribution in [0.3, 0.4) is 0 Å². The van der Waals surface area contributed by atoms with Crippen molar-refractivity contribution in [3.63, 3.8) is 0 Å². The van der Waals surface area contributed by atoms with Gasteiger partial charge >= 0.3 is 0 Å². The Morgan fingerprint density at radius 1 is 1.23 bits per heavy atom. The molecule has 30 heavy (non-hydrogen) atoms. The molecule has 0 spiro atoms. The van der Waals surface area contributed by atoms with E-state index in [-0.39, 0.29) is 5.82 Å². The predicted octanol–water partition coefficient (Wildman–Crippen LogP) is 3.75. The molecular weight excluding hydrogens is 381 g/mol. The van der Waals surface area contributed by atoms with Crippen LogP contribution in [0.25, 0.3) is 5.69 Å². The first-order valence-electron chi connectivity index (χ1n) is 9.67. The smallest absolute Gasteiger partial charge is 0.191 e. The lowest BCUT2D eigenvalue weighted by Crippen LogP contribution is -2.36. The number of nitrogens with zero attached hydrogens (tertiary/aromatic N) is 3. The number of rotatable bonds is 8. The molecule has 1 heterocycles. The fourth-order valence-electron chi connectivity index (χ4n) is 3.01. The largest absolute Gasteiger partial charge is 0.489 e. The fourth-order valence-corrected chi connectivity index (χ4v) is 3.01. The summed E-state index contributed by atoms with van der Waals surface area (Å²) in [6.45, 7) is 6.94. The van der Waals surface area contributed by atoms with Gasteiger partial charge < -0.3 is 19.9 Å². The number of nitrogens with one attached hydrogen (secondary N) is 2. The molecule has 0 bridgehead atoms. The normalized spacial score (nSPS) is 11.2. The van der Waals surface area contributed by atoms with Crippen molar-refractivity contribution in [2.45, 2.75) is 20.0 Å². The van der Waals surface area contributed by atoms with Crippen LogP contribution in [0.15, 0.2) is 72.5 Å². The second kappa shape index (κ2) is 10.2. The quantitative estimate of drug-likeness (QED) is 0.339. The Hall–Kier alpha value is -3.61. The zero-order valence-electron chi connectivity index (χ0n) is 17.2. The van der Waals surface area contributed by atoms with Crippen molar-refractivity contribution in [3.8, 4) is 11.4 Å². The summed E-state index contributed by atoms with van der Waals surface area (Å²) in [6, 6.07) is 13.0. The average Bonchev–Trinajstić information content (AvgIpc) is 3.18. The van der Waals surface area contributed by atoms with E-state index in [0.717, 1.165) is 22.7 Å². The number of halogens is 1. The number of imidazole rings is 1. The van der Waals surface area contributed by atoms with Crippen LogP contribution in [0, 0.1) is 12.7 Å². The van der Waals surface area contributed by atoms with Gasteiger partial charge in [-0.1, -0.05) is 36.9 Å². The Balaban J connectivity index is 1.59. The van der Waals surface area contributed by atoms with Crippen LogP contribution >= 0.6 is 0 Å². The molecule has 7 heteroatoms. The van der Waals surface area contributed by atoms with Gasteiger partial charge in [0.25, 0.3) is 0 Å². The molecule has 0 aliphatic heterocycles. The number of aliphatic imine (C=N–C) groups is 1. The van der Waals surface area contributed by atoms with Crippen LogP contribution in [-0.2, 0) is 13.1 Å². The maximum absolute atomic E-state index is 14.6. The van der Waals surface area contributed by atoms with Crippen molar-refractivity contribution >= 4 is 5.96 Å². The molecule has 0 aliphatic carbocycles. The van der Waals surface area contributed by atoms with E-state index in [2.05, 4.69) is 27.2 Å². The number of para-hydroxylation sites is 1. The third-order valence-electron chi connectivity index (χ3n) is 4.56. The lowest BCUT2D eigenvalue weighted by Gasteiger charge is -2.15. The minimum Gasteiger partial charge on any atom is -0.489 e. The van der Waals surface area contributed by atoms with E-state index in [0.29, 0.717) is 31.3 Å². The van der Waals surface area contributed by atoms with Gasteiger partial charge in [-0.05, 0) is 30.7 Å². The number of benzene rings is 2. The highest BCUT2D eigenvalue weighted by Crippen LogP contribution is 2.18. The van der Waals surface area contributed by atoms with Crippen LogP contribution in [-0.4, -0.2) is 29.2 Å². The number of hydrogen-bond donors (Lipinski definition) is 2. The summed E-state index contributed by atoms with van der Waals surface area (Å²) in [6.07, 6.45) is 5.11. The van der Waals surface area contributed by atoms with Crippen LogP contribution in [0.2, 0.25) is 0 Å². The summed E-state index contributed by atoms with van der Waals surface area (Å²) >= 11 is 0. The number of aryl methyl sites for hydroxylation is 1. The Bertz CT molecular complexity index is 1030. The Morgan fingerprint density at radius 3 is 2.73 bits per heavy atom. The van der Waals surface area contributed by atoms with Gasteiger partial charge in [-0.2, -0.15) is 0 Å². The summed E-state index contributed by atoms with van der Waals surface area (Å²) in [4.78, 5) is 8.37. The van der Waals surface area contributed by atoms with Crippen molar-refractivity contribution in [2.24, 2.45) is 4.99 Å². The zero-order chi connectivity index (χ0) is 21.3. The average molecular weight is 407 g/mol. The van der Waals surface area contributed by atoms with Gasteiger partial charge in [0.15, 0.2) is 5.96 Å². The first-order valence-corrected chi connectivity index (χ1v) is 9.67. The van der Waals surface area contributed by atoms with Gasteiger partial charge in [0, 0.05) is 38.1 Å². The molecule has 0 radical (unpaired) electrons. The summed E-state index contributed by atoms with van der Waals surface area (Å²) in [5, 5.41) is 6.46. The summed E-state index contributed by atoms with van der Waals surface area (Å²) < 4.78 is 22.0. The van der Waals surface area contributed by atoms with Crippen LogP contribution in [0.1, 0.15) is 17.0 Å². The van der Waals surface area contributed by atoms with E-state index < -0.39 is 0 Å². The third-order valence-corrected chi connectivity index (χ3v) is 4.56. The van der Waals surface area contributed by atoms with Crippen molar-refractivity contribution in [1.82, 2.24) is 20.2 Å². The highest BCUT2D eigenvalue weighted by molar-refractivity contribution is 5.79. The summed E-state index contributed by atoms with van der Waals surface area (Å²) in [5.74, 6) is 1.85. The lowest BCUT2D eigenvalue weighted by molar-refractivity contribution is 0.358. The molecule has 3 aromatic rings. The van der Waals surface area contributed by atoms with Gasteiger partial charge in [-0.15, -0.1) is 0 Å². The zero-order valence-corrected chi connectivity index (χ0v) is 17.2. The van der Waals surface area contributed by atoms with E-state index >= 15 is 0 Å². The molecule has 3 rings (SSSR count). The van der Waals surface area contributed by atoms with Crippen molar-refractivity contribution < 1.29 is 9.13 Å². The van der Waals surface area contributed by atoms with Gasteiger partial charge in [-0.25, -0.2) is 9.37 Å². The van der Waals surface area contributed by atoms with Crippen LogP contribution < -0.4 is 15.4 Å². The van der Waals surface area contributed by atoms with Gasteiger partial charge in [0.1, 0.15) is 24.0 Å². The standard InChI is InChI=1S/C23H26FN5O/c1-4-13-30-22-8-6-5-7-19(22)16-28-23(25-3)27-15-18-9-10-21(20(24)14-18)29-12-11-26-17(29)2/h4-12,14H,1,13,15-16H2,2-3H3,(H2,25,27,28). The number of aromatic nitrogens is 2. The van der Waals surface area contributed by atoms with E-state index in [1.54, 1.807) is 36.2 Å². The van der Waals surface area contributed by atoms with Crippen molar-refractivity contribution in [2.75, 3.05) is 13.7 Å². The molecule has 156 valence electrons. The van der Waals surface area contributed by atoms with E-state index in [1.165, 1.54) is 6.07 Å². The number of ether oxygens (including phenoxy) is 1. The van der Waals surface area contributed by atoms with Gasteiger partial charge in [0.2, 0.25) is 0 Å². The molecule has 0 aliphatic rings. The second-order valence-electron chi connectivity index (χ2n) is 6.62. The molecule has 2 N–H and O–H groups in total. The highest BCUT2D eigenvalue weighted by Gasteiger charge is 2.09. The molecule has 0 amide bonds. The molecule has 1 aromatic heterocycles. The maximum Gasteiger partial charge on any atom is 0.191 e.